The molecule has 1 heterocycles. The van der Waals surface area contributed by atoms with E-state index in [0.717, 1.165) is 0 Å². The molecule has 70 valence electrons. The van der Waals surface area contributed by atoms with Crippen LogP contribution in [0.1, 0.15) is 10.4 Å². The van der Waals surface area contributed by atoms with E-state index in [-0.39, 0.29) is 9.21 Å². The highest BCUT2D eigenvalue weighted by molar-refractivity contribution is 9.11. The first-order valence-corrected chi connectivity index (χ1v) is 4.47. The third-order valence-electron chi connectivity index (χ3n) is 1.21. The van der Waals surface area contributed by atoms with E-state index in [4.69, 9.17) is 5.11 Å². The minimum Gasteiger partial charge on any atom is -0.477 e. The van der Waals surface area contributed by atoms with Gasteiger partial charge in [-0.3, -0.25) is 0 Å². The number of aromatic nitrogens is 1. The maximum atomic E-state index is 12.9. The average molecular weight is 317 g/mol. The monoisotopic (exact) mass is 315 g/mol. The van der Waals surface area contributed by atoms with Crippen molar-refractivity contribution in [3.8, 4) is 0 Å². The van der Waals surface area contributed by atoms with Crippen molar-refractivity contribution in [2.24, 2.45) is 0 Å². The molecule has 0 aliphatic rings. The number of carboxylic acids is 1. The largest absolute Gasteiger partial charge is 0.477 e. The van der Waals surface area contributed by atoms with E-state index in [1.807, 2.05) is 0 Å². The Bertz CT molecular complexity index is 357. The lowest BCUT2D eigenvalue weighted by Crippen LogP contribution is -2.07. The molecule has 0 aliphatic heterocycles. The van der Waals surface area contributed by atoms with Gasteiger partial charge in [0.05, 0.1) is 0 Å². The Balaban J connectivity index is 3.56. The van der Waals surface area contributed by atoms with Gasteiger partial charge in [-0.15, -0.1) is 0 Å². The number of aromatic carboxylic acids is 1. The third kappa shape index (κ3) is 1.86. The molecule has 1 aromatic rings. The molecule has 1 aromatic heterocycles. The smallest absolute Gasteiger partial charge is 0.341 e. The van der Waals surface area contributed by atoms with Gasteiger partial charge in [0.15, 0.2) is 11.6 Å². The normalized spacial score (nSPS) is 10.2. The molecular weight excluding hydrogens is 316 g/mol. The van der Waals surface area contributed by atoms with Gasteiger partial charge in [0.2, 0.25) is 0 Å². The fourth-order valence-electron chi connectivity index (χ4n) is 0.675. The summed E-state index contributed by atoms with van der Waals surface area (Å²) in [6.45, 7) is 0. The fraction of sp³-hybridized carbons (Fsp3) is 0. The van der Waals surface area contributed by atoms with Crippen molar-refractivity contribution in [3.63, 3.8) is 0 Å². The van der Waals surface area contributed by atoms with E-state index < -0.39 is 23.2 Å². The number of nitrogens with zero attached hydrogens (tertiary/aromatic N) is 1. The average Bonchev–Trinajstić information content (AvgIpc) is 2.01. The molecule has 3 nitrogen and oxygen atoms in total. The zero-order valence-electron chi connectivity index (χ0n) is 5.81. The molecule has 0 radical (unpaired) electrons. The Labute approximate surface area is 88.0 Å². The number of pyridine rings is 1. The summed E-state index contributed by atoms with van der Waals surface area (Å²) >= 11 is 5.31. The molecule has 0 spiro atoms. The first-order chi connectivity index (χ1) is 5.95. The van der Waals surface area contributed by atoms with Crippen LogP contribution in [0, 0.1) is 11.6 Å². The molecule has 0 saturated heterocycles. The predicted molar refractivity (Wildman–Crippen MR) is 46.5 cm³/mol. The van der Waals surface area contributed by atoms with Crippen LogP contribution >= 0.6 is 31.9 Å². The van der Waals surface area contributed by atoms with Crippen LogP contribution in [0.3, 0.4) is 0 Å². The van der Waals surface area contributed by atoms with Gasteiger partial charge in [-0.1, -0.05) is 0 Å². The van der Waals surface area contributed by atoms with Crippen molar-refractivity contribution >= 4 is 37.8 Å². The molecule has 1 N–H and O–H groups in total. The van der Waals surface area contributed by atoms with Crippen LogP contribution in [-0.2, 0) is 0 Å². The topological polar surface area (TPSA) is 50.2 Å². The van der Waals surface area contributed by atoms with Crippen molar-refractivity contribution in [2.75, 3.05) is 0 Å². The van der Waals surface area contributed by atoms with Crippen LogP contribution in [-0.4, -0.2) is 16.1 Å². The number of carbonyl (C=O) groups is 1. The van der Waals surface area contributed by atoms with Crippen LogP contribution in [0.5, 0.6) is 0 Å². The highest BCUT2D eigenvalue weighted by atomic mass is 79.9. The molecule has 0 bridgehead atoms. The summed E-state index contributed by atoms with van der Waals surface area (Å²) in [7, 11) is 0. The third-order valence-corrected chi connectivity index (χ3v) is 2.26. The molecule has 0 amide bonds. The van der Waals surface area contributed by atoms with Crippen LogP contribution in [0.2, 0.25) is 0 Å². The van der Waals surface area contributed by atoms with E-state index >= 15 is 0 Å². The summed E-state index contributed by atoms with van der Waals surface area (Å²) in [6, 6.07) is 0. The molecule has 0 fully saturated rings. The van der Waals surface area contributed by atoms with Gasteiger partial charge in [-0.05, 0) is 31.9 Å². The van der Waals surface area contributed by atoms with Crippen LogP contribution < -0.4 is 0 Å². The molecule has 0 saturated carbocycles. The van der Waals surface area contributed by atoms with Crippen molar-refractivity contribution in [3.05, 3.63) is 26.4 Å². The first-order valence-electron chi connectivity index (χ1n) is 2.88. The fourth-order valence-corrected chi connectivity index (χ4v) is 1.66. The Morgan fingerprint density at radius 1 is 1.23 bits per heavy atom. The Hall–Kier alpha value is -0.560. The summed E-state index contributed by atoms with van der Waals surface area (Å²) in [5.41, 5.74) is -1.03. The second-order valence-corrected chi connectivity index (χ2v) is 3.50. The predicted octanol–water partition coefficient (Wildman–Crippen LogP) is 2.58. The molecule has 13 heavy (non-hydrogen) atoms. The zero-order chi connectivity index (χ0) is 10.2. The van der Waals surface area contributed by atoms with Gasteiger partial charge >= 0.3 is 5.97 Å². The number of hydrogen-bond donors (Lipinski definition) is 1. The summed E-state index contributed by atoms with van der Waals surface area (Å²) in [4.78, 5) is 13.7. The van der Waals surface area contributed by atoms with Crippen molar-refractivity contribution in [1.82, 2.24) is 4.98 Å². The number of hydrogen-bond acceptors (Lipinski definition) is 2. The minimum atomic E-state index is -1.68. The molecule has 1 rings (SSSR count). The van der Waals surface area contributed by atoms with E-state index in [1.54, 1.807) is 0 Å². The number of halogens is 4. The van der Waals surface area contributed by atoms with Crippen LogP contribution in [0.25, 0.3) is 0 Å². The second-order valence-electron chi connectivity index (χ2n) is 2.00. The summed E-state index contributed by atoms with van der Waals surface area (Å²) in [6.07, 6.45) is 0. The highest BCUT2D eigenvalue weighted by Crippen LogP contribution is 2.24. The summed E-state index contributed by atoms with van der Waals surface area (Å²) in [5, 5.41) is 8.45. The molecule has 0 aliphatic carbocycles. The molecule has 0 unspecified atom stereocenters. The summed E-state index contributed by atoms with van der Waals surface area (Å²) < 4.78 is 25.2. The minimum absolute atomic E-state index is 0.349. The second kappa shape index (κ2) is 3.67. The van der Waals surface area contributed by atoms with E-state index in [9.17, 15) is 13.6 Å². The van der Waals surface area contributed by atoms with Gasteiger partial charge < -0.3 is 5.11 Å². The maximum absolute atomic E-state index is 12.9. The van der Waals surface area contributed by atoms with Crippen molar-refractivity contribution in [2.45, 2.75) is 0 Å². The van der Waals surface area contributed by atoms with Crippen LogP contribution in [0.15, 0.2) is 9.21 Å². The standard InChI is InChI=1S/C6HBr2F2NO2/c7-4-2(9)1(6(12)13)3(10)5(8)11-4/h(H,12,13). The highest BCUT2D eigenvalue weighted by Gasteiger charge is 2.22. The van der Waals surface area contributed by atoms with Gasteiger partial charge in [0.25, 0.3) is 0 Å². The molecule has 7 heteroatoms. The quantitative estimate of drug-likeness (QED) is 0.810. The summed E-state index contributed by atoms with van der Waals surface area (Å²) in [5.74, 6) is -4.14. The maximum Gasteiger partial charge on any atom is 0.341 e. The Morgan fingerprint density at radius 2 is 1.62 bits per heavy atom. The SMILES string of the molecule is O=C(O)c1c(F)c(Br)nc(Br)c1F. The first kappa shape index (κ1) is 10.5. The lowest BCUT2D eigenvalue weighted by atomic mass is 10.2. The van der Waals surface area contributed by atoms with E-state index in [0.29, 0.717) is 0 Å². The number of carboxylic acid groups (broad SMARTS) is 1. The lowest BCUT2D eigenvalue weighted by Gasteiger charge is -2.02. The van der Waals surface area contributed by atoms with E-state index in [1.165, 1.54) is 0 Å². The van der Waals surface area contributed by atoms with Gasteiger partial charge in [0, 0.05) is 0 Å². The van der Waals surface area contributed by atoms with Gasteiger partial charge in [-0.2, -0.15) is 0 Å². The van der Waals surface area contributed by atoms with Gasteiger partial charge in [-0.25, -0.2) is 18.6 Å². The Morgan fingerprint density at radius 3 is 1.92 bits per heavy atom. The molecular formula is C6HBr2F2NO2. The zero-order valence-corrected chi connectivity index (χ0v) is 8.99. The lowest BCUT2D eigenvalue weighted by molar-refractivity contribution is 0.0685. The number of rotatable bonds is 1. The van der Waals surface area contributed by atoms with Crippen LogP contribution in [0.4, 0.5) is 8.78 Å². The Kier molecular flexibility index (Phi) is 2.97. The van der Waals surface area contributed by atoms with Crippen molar-refractivity contribution < 1.29 is 18.7 Å². The van der Waals surface area contributed by atoms with Gasteiger partial charge in [0.1, 0.15) is 14.8 Å². The van der Waals surface area contributed by atoms with Crippen molar-refractivity contribution in [1.29, 1.82) is 0 Å². The van der Waals surface area contributed by atoms with E-state index in [2.05, 4.69) is 36.8 Å². The molecule has 0 atom stereocenters. The molecule has 0 aromatic carbocycles.